The Labute approximate surface area is 151 Å². The van der Waals surface area contributed by atoms with Crippen molar-refractivity contribution in [3.05, 3.63) is 50.9 Å². The van der Waals surface area contributed by atoms with Gasteiger partial charge in [0, 0.05) is 34.3 Å². The second kappa shape index (κ2) is 6.87. The maximum Gasteiger partial charge on any atom is 0.129 e. The number of anilines is 1. The molecule has 0 fully saturated rings. The fourth-order valence-electron chi connectivity index (χ4n) is 2.83. The van der Waals surface area contributed by atoms with E-state index in [2.05, 4.69) is 35.7 Å². The van der Waals surface area contributed by atoms with Crippen molar-refractivity contribution in [2.75, 3.05) is 18.0 Å². The molecule has 2 heterocycles. The van der Waals surface area contributed by atoms with Gasteiger partial charge in [0.1, 0.15) is 10.8 Å². The zero-order valence-corrected chi connectivity index (χ0v) is 15.6. The van der Waals surface area contributed by atoms with Crippen molar-refractivity contribution in [1.82, 2.24) is 0 Å². The van der Waals surface area contributed by atoms with Gasteiger partial charge < -0.3 is 4.90 Å². The molecule has 6 heteroatoms. The summed E-state index contributed by atoms with van der Waals surface area (Å²) in [5.74, 6) is 0.833. The van der Waals surface area contributed by atoms with E-state index in [0.29, 0.717) is 6.54 Å². The van der Waals surface area contributed by atoms with Crippen LogP contribution in [0.25, 0.3) is 0 Å². The smallest absolute Gasteiger partial charge is 0.129 e. The van der Waals surface area contributed by atoms with Gasteiger partial charge in [0.15, 0.2) is 0 Å². The van der Waals surface area contributed by atoms with Crippen LogP contribution in [0.15, 0.2) is 39.5 Å². The number of halogens is 1. The van der Waals surface area contributed by atoms with Crippen LogP contribution >= 0.6 is 22.9 Å². The molecule has 1 aliphatic rings. The van der Waals surface area contributed by atoms with Crippen LogP contribution in [0.1, 0.15) is 28.5 Å². The molecule has 0 spiro atoms. The summed E-state index contributed by atoms with van der Waals surface area (Å²) >= 11 is 7.81. The minimum Gasteiger partial charge on any atom is -0.318 e. The highest BCUT2D eigenvalue weighted by atomic mass is 35.5. The number of rotatable bonds is 2. The Morgan fingerprint density at radius 3 is 2.67 bits per heavy atom. The number of hydrogen-bond donors (Lipinski definition) is 0. The Bertz CT molecular complexity index is 833. The zero-order chi connectivity index (χ0) is 17.3. The van der Waals surface area contributed by atoms with E-state index < -0.39 is 0 Å². The lowest BCUT2D eigenvalue weighted by Crippen LogP contribution is -2.30. The lowest BCUT2D eigenvalue weighted by atomic mass is 10.00. The topological polar surface area (TPSA) is 40.3 Å². The standard InChI is InChI=1S/C18H19ClN4S/c1-11-12(2)24-18-16(11)17(14-5-7-15(19)8-6-14)21-9-10-23(18)13(3)22-20-4/h5-8H,4,9-10H2,1-3H3/b22-13-. The second-order valence-corrected chi connectivity index (χ2v) is 7.28. The van der Waals surface area contributed by atoms with Crippen LogP contribution in [0, 0.1) is 13.8 Å². The molecule has 0 unspecified atom stereocenters. The van der Waals surface area contributed by atoms with E-state index in [9.17, 15) is 0 Å². The molecule has 1 aliphatic heterocycles. The van der Waals surface area contributed by atoms with Crippen molar-refractivity contribution in [2.45, 2.75) is 20.8 Å². The minimum atomic E-state index is 0.696. The molecular weight excluding hydrogens is 340 g/mol. The number of aryl methyl sites for hydroxylation is 1. The third-order valence-corrected chi connectivity index (χ3v) is 5.65. The summed E-state index contributed by atoms with van der Waals surface area (Å²) in [6.45, 7) is 11.2. The molecule has 24 heavy (non-hydrogen) atoms. The van der Waals surface area contributed by atoms with Crippen molar-refractivity contribution in [3.63, 3.8) is 0 Å². The van der Waals surface area contributed by atoms with Crippen molar-refractivity contribution in [3.8, 4) is 0 Å². The molecule has 0 saturated heterocycles. The summed E-state index contributed by atoms with van der Waals surface area (Å²) in [6, 6.07) is 7.87. The van der Waals surface area contributed by atoms with Crippen LogP contribution in [-0.2, 0) is 0 Å². The van der Waals surface area contributed by atoms with Gasteiger partial charge in [-0.1, -0.05) is 23.7 Å². The van der Waals surface area contributed by atoms with Gasteiger partial charge in [0.05, 0.1) is 12.3 Å². The van der Waals surface area contributed by atoms with Gasteiger partial charge in [-0.05, 0) is 38.5 Å². The Morgan fingerprint density at radius 1 is 1.29 bits per heavy atom. The second-order valence-electron chi connectivity index (χ2n) is 5.64. The zero-order valence-electron chi connectivity index (χ0n) is 14.0. The molecule has 0 saturated carbocycles. The molecular formula is C18H19ClN4S. The highest BCUT2D eigenvalue weighted by Gasteiger charge is 2.26. The van der Waals surface area contributed by atoms with Gasteiger partial charge in [-0.15, -0.1) is 16.4 Å². The fraction of sp³-hybridized carbons (Fsp3) is 0.278. The predicted octanol–water partition coefficient (Wildman–Crippen LogP) is 4.71. The quantitative estimate of drug-likeness (QED) is 0.435. The summed E-state index contributed by atoms with van der Waals surface area (Å²) < 4.78 is 0. The number of thiophene rings is 1. The largest absolute Gasteiger partial charge is 0.318 e. The number of fused-ring (bicyclic) bond motifs is 1. The molecule has 0 amide bonds. The first kappa shape index (κ1) is 16.9. The van der Waals surface area contributed by atoms with Crippen molar-refractivity contribution >= 4 is 46.2 Å². The van der Waals surface area contributed by atoms with Crippen LogP contribution in [0.3, 0.4) is 0 Å². The van der Waals surface area contributed by atoms with Crippen molar-refractivity contribution < 1.29 is 0 Å². The monoisotopic (exact) mass is 358 g/mol. The third-order valence-electron chi connectivity index (χ3n) is 4.17. The summed E-state index contributed by atoms with van der Waals surface area (Å²) in [6.07, 6.45) is 0. The first-order valence-electron chi connectivity index (χ1n) is 7.71. The van der Waals surface area contributed by atoms with E-state index in [1.165, 1.54) is 21.0 Å². The van der Waals surface area contributed by atoms with Gasteiger partial charge in [-0.3, -0.25) is 4.99 Å². The highest BCUT2D eigenvalue weighted by Crippen LogP contribution is 2.38. The molecule has 0 aliphatic carbocycles. The summed E-state index contributed by atoms with van der Waals surface area (Å²) in [5, 5.41) is 9.71. The number of nitrogens with zero attached hydrogens (tertiary/aromatic N) is 4. The molecule has 1 aromatic heterocycles. The SMILES string of the molecule is C=N/N=C(/C)N1CCN=C(c2ccc(Cl)cc2)c2c1sc(C)c2C. The van der Waals surface area contributed by atoms with Crippen LogP contribution in [-0.4, -0.2) is 31.4 Å². The Hall–Kier alpha value is -1.98. The number of amidine groups is 1. The Kier molecular flexibility index (Phi) is 4.83. The molecule has 124 valence electrons. The molecule has 0 radical (unpaired) electrons. The van der Waals surface area contributed by atoms with E-state index in [1.807, 2.05) is 31.2 Å². The molecule has 0 N–H and O–H groups in total. The van der Waals surface area contributed by atoms with Gasteiger partial charge in [0.25, 0.3) is 0 Å². The van der Waals surface area contributed by atoms with E-state index in [1.54, 1.807) is 11.3 Å². The van der Waals surface area contributed by atoms with Gasteiger partial charge in [-0.2, -0.15) is 5.10 Å². The summed E-state index contributed by atoms with van der Waals surface area (Å²) in [5.41, 5.74) is 4.54. The highest BCUT2D eigenvalue weighted by molar-refractivity contribution is 7.17. The van der Waals surface area contributed by atoms with Crippen LogP contribution in [0.5, 0.6) is 0 Å². The first-order valence-corrected chi connectivity index (χ1v) is 8.91. The van der Waals surface area contributed by atoms with E-state index in [4.69, 9.17) is 16.6 Å². The maximum atomic E-state index is 6.04. The molecule has 2 aromatic rings. The number of aliphatic imine (C=N–C) groups is 1. The molecule has 0 atom stereocenters. The summed E-state index contributed by atoms with van der Waals surface area (Å²) in [4.78, 5) is 8.34. The van der Waals surface area contributed by atoms with Crippen LogP contribution in [0.4, 0.5) is 5.00 Å². The van der Waals surface area contributed by atoms with E-state index in [-0.39, 0.29) is 0 Å². The Morgan fingerprint density at radius 2 is 2.00 bits per heavy atom. The van der Waals surface area contributed by atoms with Gasteiger partial charge in [-0.25, -0.2) is 0 Å². The average Bonchev–Trinajstić information content (AvgIpc) is 2.74. The predicted molar refractivity (Wildman–Crippen MR) is 106 cm³/mol. The number of benzene rings is 1. The van der Waals surface area contributed by atoms with Gasteiger partial charge >= 0.3 is 0 Å². The average molecular weight is 359 g/mol. The van der Waals surface area contributed by atoms with Crippen LogP contribution in [0.2, 0.25) is 5.02 Å². The lowest BCUT2D eigenvalue weighted by molar-refractivity contribution is 0.950. The van der Waals surface area contributed by atoms with E-state index >= 15 is 0 Å². The fourth-order valence-corrected chi connectivity index (χ4v) is 4.19. The van der Waals surface area contributed by atoms with Crippen molar-refractivity contribution in [2.24, 2.45) is 15.2 Å². The van der Waals surface area contributed by atoms with Crippen molar-refractivity contribution in [1.29, 1.82) is 0 Å². The van der Waals surface area contributed by atoms with Crippen LogP contribution < -0.4 is 4.90 Å². The normalized spacial score (nSPS) is 14.9. The Balaban J connectivity index is 2.17. The minimum absolute atomic E-state index is 0.696. The maximum absolute atomic E-state index is 6.04. The lowest BCUT2D eigenvalue weighted by Gasteiger charge is -2.21. The number of hydrogen-bond acceptors (Lipinski definition) is 4. The van der Waals surface area contributed by atoms with E-state index in [0.717, 1.165) is 28.7 Å². The summed E-state index contributed by atoms with van der Waals surface area (Å²) in [7, 11) is 0. The molecule has 1 aromatic carbocycles. The first-order chi connectivity index (χ1) is 11.5. The molecule has 4 nitrogen and oxygen atoms in total. The molecule has 3 rings (SSSR count). The van der Waals surface area contributed by atoms with Gasteiger partial charge in [0.2, 0.25) is 0 Å². The third kappa shape index (κ3) is 3.01. The molecule has 0 bridgehead atoms.